The van der Waals surface area contributed by atoms with Crippen molar-refractivity contribution in [2.75, 3.05) is 0 Å². The predicted octanol–water partition coefficient (Wildman–Crippen LogP) is 2.95. The highest BCUT2D eigenvalue weighted by Gasteiger charge is 2.56. The van der Waals surface area contributed by atoms with Crippen molar-refractivity contribution >= 4 is 11.6 Å². The molecule has 4 rings (SSSR count). The molecule has 0 aliphatic heterocycles. The van der Waals surface area contributed by atoms with Gasteiger partial charge < -0.3 is 0 Å². The van der Waals surface area contributed by atoms with Gasteiger partial charge in [0.15, 0.2) is 11.6 Å². The Morgan fingerprint density at radius 1 is 0.789 bits per heavy atom. The molecule has 2 heteroatoms. The first-order valence-corrected chi connectivity index (χ1v) is 6.52. The molecular formula is C17H12O2. The molecule has 0 atom stereocenters. The van der Waals surface area contributed by atoms with Crippen molar-refractivity contribution in [2.24, 2.45) is 0 Å². The van der Waals surface area contributed by atoms with E-state index in [0.717, 1.165) is 17.5 Å². The van der Waals surface area contributed by atoms with E-state index in [-0.39, 0.29) is 11.6 Å². The van der Waals surface area contributed by atoms with Crippen LogP contribution in [0, 0.1) is 0 Å². The average Bonchev–Trinajstić information content (AvgIpc) is 2.95. The summed E-state index contributed by atoms with van der Waals surface area (Å²) in [4.78, 5) is 25.5. The number of hydrogen-bond acceptors (Lipinski definition) is 2. The molecule has 0 unspecified atom stereocenters. The number of ketones is 2. The molecule has 2 aliphatic carbocycles. The van der Waals surface area contributed by atoms with Crippen molar-refractivity contribution in [1.82, 2.24) is 0 Å². The number of carbonyl (C=O) groups excluding carboxylic acids is 2. The number of aryl methyl sites for hydroxylation is 1. The minimum absolute atomic E-state index is 0.0157. The van der Waals surface area contributed by atoms with Crippen molar-refractivity contribution in [3.63, 3.8) is 0 Å². The fraction of sp³-hybridized carbons (Fsp3) is 0.176. The lowest BCUT2D eigenvalue weighted by Gasteiger charge is -2.20. The van der Waals surface area contributed by atoms with Crippen LogP contribution in [0.3, 0.4) is 0 Å². The minimum Gasteiger partial charge on any atom is -0.293 e. The smallest absolute Gasteiger partial charge is 0.181 e. The number of benzene rings is 2. The van der Waals surface area contributed by atoms with Crippen LogP contribution < -0.4 is 0 Å². The van der Waals surface area contributed by atoms with Crippen LogP contribution in [0.15, 0.2) is 48.5 Å². The standard InChI is InChI=1S/C17H12O2/c18-15-12-6-2-3-7-13(12)16(19)17(15)10-9-11-5-1-4-8-14(11)17/h1-8H,9-10H2. The molecule has 0 aromatic heterocycles. The van der Waals surface area contributed by atoms with Crippen LogP contribution in [-0.4, -0.2) is 11.6 Å². The molecule has 0 heterocycles. The van der Waals surface area contributed by atoms with Crippen LogP contribution >= 0.6 is 0 Å². The Labute approximate surface area is 111 Å². The highest BCUT2D eigenvalue weighted by Crippen LogP contribution is 2.48. The first-order valence-electron chi connectivity index (χ1n) is 6.52. The van der Waals surface area contributed by atoms with Gasteiger partial charge in [-0.15, -0.1) is 0 Å². The van der Waals surface area contributed by atoms with Gasteiger partial charge in [-0.05, 0) is 24.0 Å². The summed E-state index contributed by atoms with van der Waals surface area (Å²) in [6.07, 6.45) is 1.42. The van der Waals surface area contributed by atoms with E-state index in [1.54, 1.807) is 12.1 Å². The molecule has 0 saturated carbocycles. The van der Waals surface area contributed by atoms with Crippen LogP contribution in [0.25, 0.3) is 0 Å². The molecule has 2 aromatic carbocycles. The third-order valence-corrected chi connectivity index (χ3v) is 4.44. The van der Waals surface area contributed by atoms with E-state index >= 15 is 0 Å². The third-order valence-electron chi connectivity index (χ3n) is 4.44. The van der Waals surface area contributed by atoms with Crippen molar-refractivity contribution in [1.29, 1.82) is 0 Å². The van der Waals surface area contributed by atoms with Gasteiger partial charge in [0, 0.05) is 11.1 Å². The predicted molar refractivity (Wildman–Crippen MR) is 71.5 cm³/mol. The van der Waals surface area contributed by atoms with Crippen molar-refractivity contribution in [3.05, 3.63) is 70.8 Å². The molecule has 0 amide bonds. The van der Waals surface area contributed by atoms with Gasteiger partial charge in [-0.1, -0.05) is 48.5 Å². The molecule has 2 nitrogen and oxygen atoms in total. The summed E-state index contributed by atoms with van der Waals surface area (Å²) in [5.41, 5.74) is 2.30. The van der Waals surface area contributed by atoms with Gasteiger partial charge in [0.2, 0.25) is 0 Å². The molecule has 92 valence electrons. The molecule has 1 spiro atoms. The van der Waals surface area contributed by atoms with E-state index in [1.807, 2.05) is 36.4 Å². The lowest BCUT2D eigenvalue weighted by Crippen LogP contribution is -2.35. The normalized spacial score (nSPS) is 18.7. The average molecular weight is 248 g/mol. The van der Waals surface area contributed by atoms with Gasteiger partial charge in [-0.2, -0.15) is 0 Å². The summed E-state index contributed by atoms with van der Waals surface area (Å²) in [6, 6.07) is 15.0. The highest BCUT2D eigenvalue weighted by molar-refractivity contribution is 6.33. The van der Waals surface area contributed by atoms with Crippen molar-refractivity contribution in [3.8, 4) is 0 Å². The lowest BCUT2D eigenvalue weighted by atomic mass is 9.77. The molecule has 0 saturated heterocycles. The minimum atomic E-state index is -0.930. The summed E-state index contributed by atoms with van der Waals surface area (Å²) in [6.45, 7) is 0. The third kappa shape index (κ3) is 1.12. The number of hydrogen-bond donors (Lipinski definition) is 0. The summed E-state index contributed by atoms with van der Waals surface area (Å²) in [5, 5.41) is 0. The van der Waals surface area contributed by atoms with Gasteiger partial charge in [0.1, 0.15) is 5.41 Å². The fourth-order valence-corrected chi connectivity index (χ4v) is 3.53. The number of Topliss-reactive ketones (excluding diaryl/α,β-unsaturated/α-hetero) is 2. The van der Waals surface area contributed by atoms with Crippen LogP contribution in [0.4, 0.5) is 0 Å². The zero-order chi connectivity index (χ0) is 13.0. The van der Waals surface area contributed by atoms with Gasteiger partial charge in [0.25, 0.3) is 0 Å². The maximum atomic E-state index is 12.8. The van der Waals surface area contributed by atoms with Gasteiger partial charge in [0.05, 0.1) is 0 Å². The molecule has 2 aliphatic rings. The fourth-order valence-electron chi connectivity index (χ4n) is 3.53. The Balaban J connectivity index is 2.01. The molecule has 0 fully saturated rings. The zero-order valence-corrected chi connectivity index (χ0v) is 10.3. The SMILES string of the molecule is O=C1c2ccccc2C(=O)C12CCc1ccccc12. The first-order chi connectivity index (χ1) is 9.25. The Kier molecular flexibility index (Phi) is 1.92. The van der Waals surface area contributed by atoms with Gasteiger partial charge >= 0.3 is 0 Å². The number of fused-ring (bicyclic) bond motifs is 3. The molecule has 19 heavy (non-hydrogen) atoms. The summed E-state index contributed by atoms with van der Waals surface area (Å²) in [5.74, 6) is -0.0314. The number of carbonyl (C=O) groups is 2. The van der Waals surface area contributed by atoms with Gasteiger partial charge in [-0.3, -0.25) is 9.59 Å². The summed E-state index contributed by atoms with van der Waals surface area (Å²) in [7, 11) is 0. The van der Waals surface area contributed by atoms with E-state index in [9.17, 15) is 9.59 Å². The first kappa shape index (κ1) is 10.7. The molecular weight excluding hydrogens is 236 g/mol. The second-order valence-corrected chi connectivity index (χ2v) is 5.27. The van der Waals surface area contributed by atoms with Crippen LogP contribution in [-0.2, 0) is 11.8 Å². The molecule has 0 radical (unpaired) electrons. The number of rotatable bonds is 0. The van der Waals surface area contributed by atoms with E-state index < -0.39 is 5.41 Å². The summed E-state index contributed by atoms with van der Waals surface area (Å²) < 4.78 is 0. The highest BCUT2D eigenvalue weighted by atomic mass is 16.2. The Bertz CT molecular complexity index is 693. The monoisotopic (exact) mass is 248 g/mol. The zero-order valence-electron chi connectivity index (χ0n) is 10.3. The van der Waals surface area contributed by atoms with E-state index in [0.29, 0.717) is 17.5 Å². The second-order valence-electron chi connectivity index (χ2n) is 5.27. The summed E-state index contributed by atoms with van der Waals surface area (Å²) >= 11 is 0. The van der Waals surface area contributed by atoms with Crippen LogP contribution in [0.1, 0.15) is 38.3 Å². The van der Waals surface area contributed by atoms with E-state index in [2.05, 4.69) is 0 Å². The molecule has 2 aromatic rings. The molecule has 0 N–H and O–H groups in total. The Hall–Kier alpha value is -2.22. The largest absolute Gasteiger partial charge is 0.293 e. The van der Waals surface area contributed by atoms with Crippen LogP contribution in [0.2, 0.25) is 0 Å². The maximum absolute atomic E-state index is 12.8. The molecule has 0 bridgehead atoms. The van der Waals surface area contributed by atoms with E-state index in [4.69, 9.17) is 0 Å². The van der Waals surface area contributed by atoms with Gasteiger partial charge in [-0.25, -0.2) is 0 Å². The van der Waals surface area contributed by atoms with E-state index in [1.165, 1.54) is 0 Å². The Morgan fingerprint density at radius 2 is 1.37 bits per heavy atom. The lowest BCUT2D eigenvalue weighted by molar-refractivity contribution is 0.0795. The second kappa shape index (κ2) is 3.41. The van der Waals surface area contributed by atoms with Crippen LogP contribution in [0.5, 0.6) is 0 Å². The quantitative estimate of drug-likeness (QED) is 0.672. The van der Waals surface area contributed by atoms with Crippen molar-refractivity contribution < 1.29 is 9.59 Å². The Morgan fingerprint density at radius 3 is 2.05 bits per heavy atom. The maximum Gasteiger partial charge on any atom is 0.181 e. The topological polar surface area (TPSA) is 34.1 Å². The van der Waals surface area contributed by atoms with Crippen molar-refractivity contribution in [2.45, 2.75) is 18.3 Å².